The number of benzene rings is 1. The maximum atomic E-state index is 13.3. The van der Waals surface area contributed by atoms with E-state index in [0.29, 0.717) is 43.5 Å². The van der Waals surface area contributed by atoms with E-state index in [4.69, 9.17) is 9.47 Å². The Bertz CT molecular complexity index is 1010. The zero-order valence-corrected chi connectivity index (χ0v) is 17.1. The summed E-state index contributed by atoms with van der Waals surface area (Å²) in [7, 11) is 0. The Labute approximate surface area is 180 Å². The topological polar surface area (TPSA) is 71.9 Å². The number of pyridine rings is 2. The Morgan fingerprint density at radius 2 is 2.03 bits per heavy atom. The molecule has 160 valence electrons. The molecule has 1 aliphatic heterocycles. The highest BCUT2D eigenvalue weighted by atomic mass is 19.1. The SMILES string of the molecule is Fc1cccc(/C=N/Nc2cc(N3CCOCC3)cc(OCCc3ccccn3)n2)c1. The number of hydrogen-bond acceptors (Lipinski definition) is 7. The summed E-state index contributed by atoms with van der Waals surface area (Å²) in [5.74, 6) is 0.743. The number of anilines is 2. The molecule has 0 radical (unpaired) electrons. The zero-order chi connectivity index (χ0) is 21.3. The van der Waals surface area contributed by atoms with Crippen LogP contribution in [0.15, 0.2) is 65.9 Å². The van der Waals surface area contributed by atoms with E-state index in [1.54, 1.807) is 24.5 Å². The lowest BCUT2D eigenvalue weighted by Crippen LogP contribution is -2.36. The van der Waals surface area contributed by atoms with Gasteiger partial charge in [0, 0.05) is 49.2 Å². The molecular formula is C23H24FN5O2. The standard InChI is InChI=1S/C23H24FN5O2/c24-19-5-3-4-18(14-19)17-26-28-22-15-21(29-9-12-30-13-10-29)16-23(27-22)31-11-7-20-6-1-2-8-25-20/h1-6,8,14-17H,7,9-13H2,(H,27,28)/b26-17+. The largest absolute Gasteiger partial charge is 0.477 e. The van der Waals surface area contributed by atoms with Crippen molar-refractivity contribution >= 4 is 17.7 Å². The maximum Gasteiger partial charge on any atom is 0.217 e. The second-order valence-corrected chi connectivity index (χ2v) is 6.99. The molecule has 31 heavy (non-hydrogen) atoms. The number of halogens is 1. The number of morpholine rings is 1. The molecule has 8 heteroatoms. The Balaban J connectivity index is 1.46. The van der Waals surface area contributed by atoms with E-state index in [1.807, 2.05) is 30.3 Å². The lowest BCUT2D eigenvalue weighted by molar-refractivity contribution is 0.122. The smallest absolute Gasteiger partial charge is 0.217 e. The van der Waals surface area contributed by atoms with Crippen molar-refractivity contribution in [2.75, 3.05) is 43.2 Å². The first-order valence-corrected chi connectivity index (χ1v) is 10.2. The Hall–Kier alpha value is -3.52. The predicted molar refractivity (Wildman–Crippen MR) is 118 cm³/mol. The highest BCUT2D eigenvalue weighted by Crippen LogP contribution is 2.25. The summed E-state index contributed by atoms with van der Waals surface area (Å²) < 4.78 is 24.7. The number of rotatable bonds is 8. The summed E-state index contributed by atoms with van der Waals surface area (Å²) in [5.41, 5.74) is 5.53. The molecule has 4 rings (SSSR count). The molecule has 7 nitrogen and oxygen atoms in total. The monoisotopic (exact) mass is 421 g/mol. The number of ether oxygens (including phenoxy) is 2. The predicted octanol–water partition coefficient (Wildman–Crippen LogP) is 3.52. The fourth-order valence-electron chi connectivity index (χ4n) is 3.19. The zero-order valence-electron chi connectivity index (χ0n) is 17.1. The van der Waals surface area contributed by atoms with Crippen molar-refractivity contribution in [2.45, 2.75) is 6.42 Å². The number of hydrazone groups is 1. The van der Waals surface area contributed by atoms with E-state index in [2.05, 4.69) is 25.4 Å². The molecule has 0 saturated carbocycles. The molecule has 0 unspecified atom stereocenters. The molecule has 0 spiro atoms. The van der Waals surface area contributed by atoms with Crippen molar-refractivity contribution in [1.29, 1.82) is 0 Å². The van der Waals surface area contributed by atoms with Crippen LogP contribution in [0.2, 0.25) is 0 Å². The van der Waals surface area contributed by atoms with Gasteiger partial charge in [0.2, 0.25) is 5.88 Å². The van der Waals surface area contributed by atoms with Crippen LogP contribution in [0.3, 0.4) is 0 Å². The van der Waals surface area contributed by atoms with E-state index in [1.165, 1.54) is 12.1 Å². The fraction of sp³-hybridized carbons (Fsp3) is 0.261. The average molecular weight is 421 g/mol. The van der Waals surface area contributed by atoms with Gasteiger partial charge >= 0.3 is 0 Å². The molecule has 1 fully saturated rings. The van der Waals surface area contributed by atoms with Gasteiger partial charge in [-0.3, -0.25) is 10.4 Å². The molecule has 0 atom stereocenters. The Kier molecular flexibility index (Phi) is 7.02. The average Bonchev–Trinajstić information content (AvgIpc) is 2.80. The molecule has 1 N–H and O–H groups in total. The minimum absolute atomic E-state index is 0.306. The number of nitrogens with zero attached hydrogens (tertiary/aromatic N) is 4. The van der Waals surface area contributed by atoms with Gasteiger partial charge < -0.3 is 14.4 Å². The van der Waals surface area contributed by atoms with Crippen LogP contribution < -0.4 is 15.1 Å². The molecule has 3 aromatic rings. The van der Waals surface area contributed by atoms with Gasteiger partial charge in [-0.15, -0.1) is 0 Å². The summed E-state index contributed by atoms with van der Waals surface area (Å²) in [6.45, 7) is 3.41. The van der Waals surface area contributed by atoms with Crippen LogP contribution in [-0.4, -0.2) is 49.1 Å². The summed E-state index contributed by atoms with van der Waals surface area (Å²) in [4.78, 5) is 11.0. The minimum Gasteiger partial charge on any atom is -0.477 e. The molecule has 2 aromatic heterocycles. The molecular weight excluding hydrogens is 397 g/mol. The Morgan fingerprint density at radius 3 is 2.84 bits per heavy atom. The van der Waals surface area contributed by atoms with E-state index in [-0.39, 0.29) is 5.82 Å². The van der Waals surface area contributed by atoms with Gasteiger partial charge in [0.25, 0.3) is 0 Å². The van der Waals surface area contributed by atoms with Crippen LogP contribution in [-0.2, 0) is 11.2 Å². The summed E-state index contributed by atoms with van der Waals surface area (Å²) in [6.07, 6.45) is 4.00. The van der Waals surface area contributed by atoms with Crippen molar-refractivity contribution in [3.63, 3.8) is 0 Å². The van der Waals surface area contributed by atoms with Gasteiger partial charge in [0.1, 0.15) is 5.82 Å². The summed E-state index contributed by atoms with van der Waals surface area (Å²) in [6, 6.07) is 15.9. The van der Waals surface area contributed by atoms with E-state index < -0.39 is 0 Å². The van der Waals surface area contributed by atoms with Gasteiger partial charge in [-0.1, -0.05) is 18.2 Å². The highest BCUT2D eigenvalue weighted by Gasteiger charge is 2.14. The second-order valence-electron chi connectivity index (χ2n) is 6.99. The van der Waals surface area contributed by atoms with Crippen LogP contribution in [0.4, 0.5) is 15.9 Å². The van der Waals surface area contributed by atoms with Gasteiger partial charge in [-0.2, -0.15) is 10.1 Å². The van der Waals surface area contributed by atoms with Crippen molar-refractivity contribution in [1.82, 2.24) is 9.97 Å². The number of nitrogens with one attached hydrogen (secondary N) is 1. The van der Waals surface area contributed by atoms with Crippen molar-refractivity contribution in [3.8, 4) is 5.88 Å². The second kappa shape index (κ2) is 10.5. The lowest BCUT2D eigenvalue weighted by Gasteiger charge is -2.29. The van der Waals surface area contributed by atoms with Crippen molar-refractivity contribution in [2.24, 2.45) is 5.10 Å². The van der Waals surface area contributed by atoms with Gasteiger partial charge in [-0.05, 0) is 29.8 Å². The normalized spacial score (nSPS) is 14.0. The van der Waals surface area contributed by atoms with Crippen LogP contribution in [0, 0.1) is 5.82 Å². The third-order valence-electron chi connectivity index (χ3n) is 4.74. The molecule has 0 amide bonds. The van der Waals surface area contributed by atoms with Gasteiger partial charge in [0.15, 0.2) is 5.82 Å². The maximum absolute atomic E-state index is 13.3. The summed E-state index contributed by atoms with van der Waals surface area (Å²) >= 11 is 0. The fourth-order valence-corrected chi connectivity index (χ4v) is 3.19. The van der Waals surface area contributed by atoms with Crippen LogP contribution >= 0.6 is 0 Å². The first-order valence-electron chi connectivity index (χ1n) is 10.2. The van der Waals surface area contributed by atoms with Crippen LogP contribution in [0.5, 0.6) is 5.88 Å². The first kappa shape index (κ1) is 20.7. The van der Waals surface area contributed by atoms with Crippen molar-refractivity contribution in [3.05, 3.63) is 77.9 Å². The highest BCUT2D eigenvalue weighted by molar-refractivity contribution is 5.80. The Morgan fingerprint density at radius 1 is 1.13 bits per heavy atom. The number of hydrogen-bond donors (Lipinski definition) is 1. The molecule has 3 heterocycles. The quantitative estimate of drug-likeness (QED) is 0.443. The van der Waals surface area contributed by atoms with Crippen molar-refractivity contribution < 1.29 is 13.9 Å². The first-order chi connectivity index (χ1) is 15.3. The van der Waals surface area contributed by atoms with E-state index >= 15 is 0 Å². The number of aromatic nitrogens is 2. The van der Waals surface area contributed by atoms with E-state index in [0.717, 1.165) is 24.5 Å². The third kappa shape index (κ3) is 6.23. The molecule has 1 aliphatic rings. The summed E-state index contributed by atoms with van der Waals surface area (Å²) in [5, 5.41) is 4.20. The third-order valence-corrected chi connectivity index (χ3v) is 4.74. The molecule has 1 aromatic carbocycles. The molecule has 0 bridgehead atoms. The van der Waals surface area contributed by atoms with Crippen LogP contribution in [0.25, 0.3) is 0 Å². The lowest BCUT2D eigenvalue weighted by atomic mass is 10.2. The van der Waals surface area contributed by atoms with Gasteiger partial charge in [-0.25, -0.2) is 4.39 Å². The van der Waals surface area contributed by atoms with Gasteiger partial charge in [0.05, 0.1) is 26.0 Å². The van der Waals surface area contributed by atoms with E-state index in [9.17, 15) is 4.39 Å². The molecule has 0 aliphatic carbocycles. The van der Waals surface area contributed by atoms with Crippen LogP contribution in [0.1, 0.15) is 11.3 Å². The minimum atomic E-state index is -0.306. The molecule has 1 saturated heterocycles.